The molecule has 2 aromatic rings. The van der Waals surface area contributed by atoms with Crippen LogP contribution in [-0.4, -0.2) is 26.2 Å². The molecule has 1 atom stereocenters. The quantitative estimate of drug-likeness (QED) is 0.870. The average molecular weight is 291 g/mol. The highest BCUT2D eigenvalue weighted by Crippen LogP contribution is 2.28. The lowest BCUT2D eigenvalue weighted by Gasteiger charge is -2.34. The molecule has 0 bridgehead atoms. The fourth-order valence-corrected chi connectivity index (χ4v) is 3.10. The van der Waals surface area contributed by atoms with E-state index >= 15 is 0 Å². The molecule has 1 unspecified atom stereocenters. The van der Waals surface area contributed by atoms with E-state index in [1.807, 2.05) is 19.1 Å². The van der Waals surface area contributed by atoms with Crippen LogP contribution in [0.2, 0.25) is 5.02 Å². The second-order valence-corrected chi connectivity index (χ2v) is 5.70. The fourth-order valence-electron chi connectivity index (χ4n) is 2.98. The third-order valence-corrected chi connectivity index (χ3v) is 4.30. The summed E-state index contributed by atoms with van der Waals surface area (Å²) in [6.45, 7) is 7.11. The predicted octanol–water partition coefficient (Wildman–Crippen LogP) is 3.21. The van der Waals surface area contributed by atoms with Gasteiger partial charge >= 0.3 is 0 Å². The van der Waals surface area contributed by atoms with Crippen LogP contribution >= 0.6 is 11.6 Å². The number of halogens is 1. The molecule has 1 aromatic carbocycles. The first-order valence-electron chi connectivity index (χ1n) is 7.07. The van der Waals surface area contributed by atoms with Gasteiger partial charge in [-0.3, -0.25) is 4.90 Å². The smallest absolute Gasteiger partial charge is 0.147 e. The zero-order valence-electron chi connectivity index (χ0n) is 11.9. The number of benzene rings is 1. The molecular formula is C15H19ClN4. The first-order chi connectivity index (χ1) is 9.69. The summed E-state index contributed by atoms with van der Waals surface area (Å²) in [5, 5.41) is 9.24. The second kappa shape index (κ2) is 5.54. The number of aromatic nitrogens is 3. The van der Waals surface area contributed by atoms with Crippen molar-refractivity contribution >= 4 is 11.6 Å². The van der Waals surface area contributed by atoms with E-state index in [1.165, 1.54) is 5.56 Å². The van der Waals surface area contributed by atoms with E-state index in [9.17, 15) is 0 Å². The molecule has 0 radical (unpaired) electrons. The van der Waals surface area contributed by atoms with Crippen LogP contribution in [0, 0.1) is 6.92 Å². The molecule has 0 aliphatic carbocycles. The number of fused-ring (bicyclic) bond motifs is 1. The lowest BCUT2D eigenvalue weighted by molar-refractivity contribution is 0.147. The summed E-state index contributed by atoms with van der Waals surface area (Å²) in [5.41, 5.74) is 1.32. The van der Waals surface area contributed by atoms with Crippen molar-refractivity contribution in [2.75, 3.05) is 6.54 Å². The first kappa shape index (κ1) is 13.6. The molecule has 1 aliphatic rings. The van der Waals surface area contributed by atoms with E-state index in [-0.39, 0.29) is 0 Å². The van der Waals surface area contributed by atoms with E-state index < -0.39 is 0 Å². The molecule has 4 nitrogen and oxygen atoms in total. The molecule has 0 spiro atoms. The van der Waals surface area contributed by atoms with Gasteiger partial charge in [-0.05, 0) is 31.0 Å². The molecule has 5 heteroatoms. The summed E-state index contributed by atoms with van der Waals surface area (Å²) in [5.74, 6) is 2.08. The van der Waals surface area contributed by atoms with Crippen molar-refractivity contribution in [1.29, 1.82) is 0 Å². The Kier molecular flexibility index (Phi) is 3.76. The molecule has 106 valence electrons. The molecule has 20 heavy (non-hydrogen) atoms. The van der Waals surface area contributed by atoms with Gasteiger partial charge in [-0.2, -0.15) is 0 Å². The summed E-state index contributed by atoms with van der Waals surface area (Å²) in [6, 6.07) is 8.60. The number of aryl methyl sites for hydroxylation is 1. The summed E-state index contributed by atoms with van der Waals surface area (Å²) >= 11 is 5.98. The molecule has 0 saturated heterocycles. The standard InChI is InChI=1S/C15H19ClN4/c1-3-14(12-4-6-13(16)7-5-12)19-8-9-20-11(2)17-18-15(20)10-19/h4-7,14H,3,8-10H2,1-2H3. The lowest BCUT2D eigenvalue weighted by Crippen LogP contribution is -2.36. The molecule has 2 heterocycles. The van der Waals surface area contributed by atoms with Crippen LogP contribution in [0.25, 0.3) is 0 Å². The van der Waals surface area contributed by atoms with E-state index in [0.717, 1.165) is 42.7 Å². The van der Waals surface area contributed by atoms with E-state index in [1.54, 1.807) is 0 Å². The maximum Gasteiger partial charge on any atom is 0.147 e. The van der Waals surface area contributed by atoms with Gasteiger partial charge in [-0.1, -0.05) is 30.7 Å². The largest absolute Gasteiger partial charge is 0.313 e. The molecule has 1 aliphatic heterocycles. The summed E-state index contributed by atoms with van der Waals surface area (Å²) in [7, 11) is 0. The Labute approximate surface area is 124 Å². The van der Waals surface area contributed by atoms with Crippen LogP contribution < -0.4 is 0 Å². The molecular weight excluding hydrogens is 272 g/mol. The first-order valence-corrected chi connectivity index (χ1v) is 7.45. The second-order valence-electron chi connectivity index (χ2n) is 5.26. The molecule has 0 amide bonds. The minimum absolute atomic E-state index is 0.415. The van der Waals surface area contributed by atoms with Gasteiger partial charge in [0.15, 0.2) is 0 Å². The van der Waals surface area contributed by atoms with Crippen LogP contribution in [0.3, 0.4) is 0 Å². The van der Waals surface area contributed by atoms with Crippen LogP contribution in [0.1, 0.15) is 36.6 Å². The molecule has 3 rings (SSSR count). The number of nitrogens with zero attached hydrogens (tertiary/aromatic N) is 4. The van der Waals surface area contributed by atoms with Gasteiger partial charge in [0.1, 0.15) is 11.6 Å². The van der Waals surface area contributed by atoms with Gasteiger partial charge in [0.05, 0.1) is 6.54 Å². The summed E-state index contributed by atoms with van der Waals surface area (Å²) < 4.78 is 2.21. The Bertz CT molecular complexity index is 590. The molecule has 0 fully saturated rings. The van der Waals surface area contributed by atoms with E-state index in [4.69, 9.17) is 11.6 Å². The van der Waals surface area contributed by atoms with Crippen molar-refractivity contribution in [2.45, 2.75) is 39.4 Å². The number of rotatable bonds is 3. The van der Waals surface area contributed by atoms with Crippen LogP contribution in [0.5, 0.6) is 0 Å². The average Bonchev–Trinajstić information content (AvgIpc) is 2.83. The monoisotopic (exact) mass is 290 g/mol. The number of hydrogen-bond donors (Lipinski definition) is 0. The molecule has 1 aromatic heterocycles. The minimum Gasteiger partial charge on any atom is -0.313 e. The van der Waals surface area contributed by atoms with Crippen molar-refractivity contribution in [3.63, 3.8) is 0 Å². The third kappa shape index (κ3) is 2.45. The predicted molar refractivity (Wildman–Crippen MR) is 79.7 cm³/mol. The third-order valence-electron chi connectivity index (χ3n) is 4.05. The van der Waals surface area contributed by atoms with Crippen LogP contribution in [0.4, 0.5) is 0 Å². The maximum atomic E-state index is 5.98. The summed E-state index contributed by atoms with van der Waals surface area (Å²) in [4.78, 5) is 2.48. The zero-order chi connectivity index (χ0) is 14.1. The Balaban J connectivity index is 1.83. The van der Waals surface area contributed by atoms with Crippen LogP contribution in [-0.2, 0) is 13.1 Å². The van der Waals surface area contributed by atoms with Crippen molar-refractivity contribution in [2.24, 2.45) is 0 Å². The maximum absolute atomic E-state index is 5.98. The van der Waals surface area contributed by atoms with Gasteiger partial charge in [-0.25, -0.2) is 0 Å². The molecule has 0 saturated carbocycles. The zero-order valence-corrected chi connectivity index (χ0v) is 12.6. The van der Waals surface area contributed by atoms with E-state index in [0.29, 0.717) is 6.04 Å². The van der Waals surface area contributed by atoms with Gasteiger partial charge in [-0.15, -0.1) is 10.2 Å². The van der Waals surface area contributed by atoms with Crippen molar-refractivity contribution in [3.05, 3.63) is 46.5 Å². The summed E-state index contributed by atoms with van der Waals surface area (Å²) in [6.07, 6.45) is 1.08. The highest BCUT2D eigenvalue weighted by Gasteiger charge is 2.25. The Hall–Kier alpha value is -1.39. The van der Waals surface area contributed by atoms with Crippen molar-refractivity contribution in [1.82, 2.24) is 19.7 Å². The topological polar surface area (TPSA) is 34.0 Å². The van der Waals surface area contributed by atoms with Crippen molar-refractivity contribution in [3.8, 4) is 0 Å². The SMILES string of the molecule is CCC(c1ccc(Cl)cc1)N1CCn2c(C)nnc2C1. The highest BCUT2D eigenvalue weighted by molar-refractivity contribution is 6.30. The number of hydrogen-bond acceptors (Lipinski definition) is 3. The minimum atomic E-state index is 0.415. The lowest BCUT2D eigenvalue weighted by atomic mass is 10.0. The Morgan fingerprint density at radius 2 is 1.95 bits per heavy atom. The fraction of sp³-hybridized carbons (Fsp3) is 0.467. The molecule has 0 N–H and O–H groups in total. The van der Waals surface area contributed by atoms with Gasteiger partial charge in [0, 0.05) is 24.2 Å². The van der Waals surface area contributed by atoms with Crippen LogP contribution in [0.15, 0.2) is 24.3 Å². The Morgan fingerprint density at radius 3 is 2.65 bits per heavy atom. The normalized spacial score (nSPS) is 16.9. The van der Waals surface area contributed by atoms with Gasteiger partial charge in [0.25, 0.3) is 0 Å². The van der Waals surface area contributed by atoms with E-state index in [2.05, 4.69) is 38.7 Å². The van der Waals surface area contributed by atoms with Gasteiger partial charge < -0.3 is 4.57 Å². The Morgan fingerprint density at radius 1 is 1.20 bits per heavy atom. The van der Waals surface area contributed by atoms with Gasteiger partial charge in [0.2, 0.25) is 0 Å². The highest BCUT2D eigenvalue weighted by atomic mass is 35.5. The van der Waals surface area contributed by atoms with Crippen molar-refractivity contribution < 1.29 is 0 Å².